The molecule has 0 aromatic rings. The van der Waals surface area contributed by atoms with Crippen LogP contribution in [0.4, 0.5) is 0 Å². The molecule has 2 atom stereocenters. The van der Waals surface area contributed by atoms with E-state index in [1.165, 1.54) is 0 Å². The van der Waals surface area contributed by atoms with E-state index >= 15 is 0 Å². The first kappa shape index (κ1) is 13.3. The molecule has 0 amide bonds. The van der Waals surface area contributed by atoms with Gasteiger partial charge >= 0.3 is 0 Å². The van der Waals surface area contributed by atoms with Crippen LogP contribution in [-0.2, 0) is 4.79 Å². The zero-order chi connectivity index (χ0) is 12.2. The van der Waals surface area contributed by atoms with Crippen molar-refractivity contribution in [3.05, 3.63) is 0 Å². The molecule has 0 N–H and O–H groups in total. The second kappa shape index (κ2) is 5.53. The third kappa shape index (κ3) is 3.67. The summed E-state index contributed by atoms with van der Waals surface area (Å²) >= 11 is 0. The topological polar surface area (TPSA) is 17.1 Å². The molecule has 1 saturated carbocycles. The molecule has 0 heterocycles. The van der Waals surface area contributed by atoms with Crippen molar-refractivity contribution in [3.63, 3.8) is 0 Å². The number of Topliss-reactive ketones (excluding diaryl/α,β-unsaturated/α-hetero) is 1. The third-order valence-electron chi connectivity index (χ3n) is 3.86. The van der Waals surface area contributed by atoms with Crippen LogP contribution in [0.25, 0.3) is 0 Å². The predicted octanol–water partition coefficient (Wildman–Crippen LogP) is 3.82. The van der Waals surface area contributed by atoms with E-state index in [-0.39, 0.29) is 5.92 Å². The lowest BCUT2D eigenvalue weighted by atomic mass is 9.68. The molecule has 16 heavy (non-hydrogen) atoms. The Hall–Kier alpha value is -0.770. The summed E-state index contributed by atoms with van der Waals surface area (Å²) in [6, 6.07) is 0. The second-order valence-electron chi connectivity index (χ2n) is 6.10. The second-order valence-corrected chi connectivity index (χ2v) is 6.10. The van der Waals surface area contributed by atoms with Crippen LogP contribution < -0.4 is 0 Å². The van der Waals surface area contributed by atoms with Crippen LogP contribution in [0.1, 0.15) is 59.3 Å². The van der Waals surface area contributed by atoms with E-state index in [1.807, 2.05) is 0 Å². The van der Waals surface area contributed by atoms with Gasteiger partial charge in [-0.25, -0.2) is 0 Å². The van der Waals surface area contributed by atoms with Crippen molar-refractivity contribution >= 4 is 5.78 Å². The first-order valence-corrected chi connectivity index (χ1v) is 6.41. The molecular formula is C15H24O. The Balaban J connectivity index is 2.49. The van der Waals surface area contributed by atoms with E-state index in [2.05, 4.69) is 26.7 Å². The Morgan fingerprint density at radius 2 is 2.12 bits per heavy atom. The number of hydrogen-bond acceptors (Lipinski definition) is 1. The van der Waals surface area contributed by atoms with Crippen LogP contribution in [0.15, 0.2) is 0 Å². The van der Waals surface area contributed by atoms with Gasteiger partial charge in [-0.1, -0.05) is 20.8 Å². The number of carbonyl (C=O) groups excluding carboxylic acids is 1. The summed E-state index contributed by atoms with van der Waals surface area (Å²) in [5.74, 6) is 4.10. The Kier molecular flexibility index (Phi) is 4.59. The fourth-order valence-electron chi connectivity index (χ4n) is 2.63. The molecule has 0 spiro atoms. The maximum absolute atomic E-state index is 11.8. The van der Waals surface area contributed by atoms with Gasteiger partial charge in [0.1, 0.15) is 5.78 Å². The summed E-state index contributed by atoms with van der Waals surface area (Å²) in [5, 5.41) is 0. The van der Waals surface area contributed by atoms with Gasteiger partial charge in [0, 0.05) is 18.8 Å². The van der Waals surface area contributed by atoms with Gasteiger partial charge in [0.25, 0.3) is 0 Å². The van der Waals surface area contributed by atoms with E-state index in [4.69, 9.17) is 6.42 Å². The molecule has 1 fully saturated rings. The molecule has 0 saturated heterocycles. The van der Waals surface area contributed by atoms with Crippen LogP contribution in [0.2, 0.25) is 0 Å². The summed E-state index contributed by atoms with van der Waals surface area (Å²) < 4.78 is 0. The molecule has 90 valence electrons. The molecule has 0 bridgehead atoms. The number of hydrogen-bond donors (Lipinski definition) is 0. The highest BCUT2D eigenvalue weighted by molar-refractivity contribution is 5.81. The Bertz CT molecular complexity index is 277. The van der Waals surface area contributed by atoms with Crippen LogP contribution in [0.5, 0.6) is 0 Å². The van der Waals surface area contributed by atoms with E-state index in [0.29, 0.717) is 17.1 Å². The number of ketones is 1. The van der Waals surface area contributed by atoms with Crippen LogP contribution >= 0.6 is 0 Å². The molecule has 1 nitrogen and oxygen atoms in total. The van der Waals surface area contributed by atoms with Crippen molar-refractivity contribution < 1.29 is 4.79 Å². The highest BCUT2D eigenvalue weighted by Gasteiger charge is 2.34. The van der Waals surface area contributed by atoms with Gasteiger partial charge in [0.2, 0.25) is 0 Å². The lowest BCUT2D eigenvalue weighted by molar-refractivity contribution is -0.126. The van der Waals surface area contributed by atoms with Gasteiger partial charge in [-0.2, -0.15) is 0 Å². The molecule has 1 aliphatic rings. The zero-order valence-electron chi connectivity index (χ0n) is 10.9. The average Bonchev–Trinajstić information content (AvgIpc) is 2.19. The van der Waals surface area contributed by atoms with Gasteiger partial charge in [-0.15, -0.1) is 12.3 Å². The summed E-state index contributed by atoms with van der Waals surface area (Å²) in [4.78, 5) is 11.8. The molecule has 1 heteroatoms. The molecule has 0 aromatic heterocycles. The van der Waals surface area contributed by atoms with Crippen molar-refractivity contribution in [2.75, 3.05) is 0 Å². The SMILES string of the molecule is C#CCCCC1CC(C(C)(C)C)CCC1=O. The molecule has 2 unspecified atom stereocenters. The van der Waals surface area contributed by atoms with Gasteiger partial charge in [-0.05, 0) is 37.0 Å². The number of terminal acetylenes is 1. The van der Waals surface area contributed by atoms with Crippen molar-refractivity contribution in [1.29, 1.82) is 0 Å². The quantitative estimate of drug-likeness (QED) is 0.522. The van der Waals surface area contributed by atoms with Crippen molar-refractivity contribution in [2.45, 2.75) is 59.3 Å². The molecule has 0 aromatic carbocycles. The summed E-state index contributed by atoms with van der Waals surface area (Å²) in [5.41, 5.74) is 0.338. The van der Waals surface area contributed by atoms with Gasteiger partial charge < -0.3 is 0 Å². The highest BCUT2D eigenvalue weighted by atomic mass is 16.1. The maximum atomic E-state index is 11.8. The molecule has 1 rings (SSSR count). The lowest BCUT2D eigenvalue weighted by Crippen LogP contribution is -2.32. The summed E-state index contributed by atoms with van der Waals surface area (Å²) in [7, 11) is 0. The number of unbranched alkanes of at least 4 members (excludes halogenated alkanes) is 1. The standard InChI is InChI=1S/C15H24O/c1-5-6-7-8-12-11-13(15(2,3)4)9-10-14(12)16/h1,12-13H,6-11H2,2-4H3. The van der Waals surface area contributed by atoms with Crippen molar-refractivity contribution in [1.82, 2.24) is 0 Å². The molecular weight excluding hydrogens is 196 g/mol. The lowest BCUT2D eigenvalue weighted by Gasteiger charge is -2.37. The minimum Gasteiger partial charge on any atom is -0.299 e. The van der Waals surface area contributed by atoms with Crippen molar-refractivity contribution in [2.24, 2.45) is 17.3 Å². The van der Waals surface area contributed by atoms with Crippen molar-refractivity contribution in [3.8, 4) is 12.3 Å². The first-order chi connectivity index (χ1) is 7.45. The van der Waals surface area contributed by atoms with Gasteiger partial charge in [0.05, 0.1) is 0 Å². The molecule has 0 radical (unpaired) electrons. The minimum atomic E-state index is 0.284. The Morgan fingerprint density at radius 3 is 2.69 bits per heavy atom. The third-order valence-corrected chi connectivity index (χ3v) is 3.86. The smallest absolute Gasteiger partial charge is 0.135 e. The van der Waals surface area contributed by atoms with E-state index in [1.54, 1.807) is 0 Å². The van der Waals surface area contributed by atoms with E-state index in [0.717, 1.165) is 38.5 Å². The minimum absolute atomic E-state index is 0.284. The first-order valence-electron chi connectivity index (χ1n) is 6.41. The Labute approximate surface area is 100 Å². The Morgan fingerprint density at radius 1 is 1.44 bits per heavy atom. The van der Waals surface area contributed by atoms with E-state index < -0.39 is 0 Å². The number of rotatable bonds is 3. The normalized spacial score (nSPS) is 26.5. The monoisotopic (exact) mass is 220 g/mol. The van der Waals surface area contributed by atoms with E-state index in [9.17, 15) is 4.79 Å². The van der Waals surface area contributed by atoms with Crippen LogP contribution in [0.3, 0.4) is 0 Å². The van der Waals surface area contributed by atoms with Crippen LogP contribution in [0, 0.1) is 29.6 Å². The zero-order valence-corrected chi connectivity index (χ0v) is 10.9. The summed E-state index contributed by atoms with van der Waals surface area (Å²) in [6.45, 7) is 6.85. The largest absolute Gasteiger partial charge is 0.299 e. The highest BCUT2D eigenvalue weighted by Crippen LogP contribution is 2.40. The summed E-state index contributed by atoms with van der Waals surface area (Å²) in [6.07, 6.45) is 11.0. The number of carbonyl (C=O) groups is 1. The molecule has 1 aliphatic carbocycles. The van der Waals surface area contributed by atoms with Gasteiger partial charge in [0.15, 0.2) is 0 Å². The predicted molar refractivity (Wildman–Crippen MR) is 68.0 cm³/mol. The fourth-order valence-corrected chi connectivity index (χ4v) is 2.63. The maximum Gasteiger partial charge on any atom is 0.135 e. The average molecular weight is 220 g/mol. The van der Waals surface area contributed by atoms with Gasteiger partial charge in [-0.3, -0.25) is 4.79 Å². The van der Waals surface area contributed by atoms with Crippen LogP contribution in [-0.4, -0.2) is 5.78 Å². The molecule has 0 aliphatic heterocycles. The fraction of sp³-hybridized carbons (Fsp3) is 0.800.